The van der Waals surface area contributed by atoms with Crippen molar-refractivity contribution in [2.45, 2.75) is 16.9 Å². The molecule has 118 valence electrons. The molecule has 1 fully saturated rings. The first-order valence-corrected chi connectivity index (χ1v) is 8.70. The lowest BCUT2D eigenvalue weighted by molar-refractivity contribution is -0.130. The van der Waals surface area contributed by atoms with Crippen LogP contribution in [0.4, 0.5) is 10.8 Å². The maximum atomic E-state index is 5.51. The fraction of sp³-hybridized carbons (Fsp3) is 0.429. The third-order valence-electron chi connectivity index (χ3n) is 3.11. The van der Waals surface area contributed by atoms with Gasteiger partial charge in [0, 0.05) is 11.4 Å². The average molecular weight is 339 g/mol. The molecule has 1 aromatic heterocycles. The van der Waals surface area contributed by atoms with Gasteiger partial charge in [-0.25, -0.2) is 0 Å². The smallest absolute Gasteiger partial charge is 0.210 e. The Balaban J connectivity index is 1.51. The summed E-state index contributed by atoms with van der Waals surface area (Å²) in [6.07, 6.45) is 1.17. The van der Waals surface area contributed by atoms with Crippen LogP contribution in [0.2, 0.25) is 0 Å². The number of hydrogen-bond donors (Lipinski definition) is 1. The predicted octanol–water partition coefficient (Wildman–Crippen LogP) is 3.15. The highest BCUT2D eigenvalue weighted by molar-refractivity contribution is 8.01. The second-order valence-electron chi connectivity index (χ2n) is 4.64. The monoisotopic (exact) mass is 339 g/mol. The number of nitrogens with zero attached hydrogens (tertiary/aromatic N) is 2. The van der Waals surface area contributed by atoms with E-state index in [4.69, 9.17) is 14.2 Å². The van der Waals surface area contributed by atoms with Gasteiger partial charge >= 0.3 is 0 Å². The van der Waals surface area contributed by atoms with Gasteiger partial charge in [-0.3, -0.25) is 0 Å². The Morgan fingerprint density at radius 2 is 2.23 bits per heavy atom. The lowest BCUT2D eigenvalue weighted by Gasteiger charge is -2.21. The standard InChI is InChI=1S/C14H17N3O3S2/c1-18-11-4-2-10(3-5-11)15-13-16-17-14(22-13)21-8-12-6-7-19-9-20-12/h2-5,12H,6-9H2,1H3,(H,15,16)/t12-/m0/s1. The number of benzene rings is 1. The van der Waals surface area contributed by atoms with Crippen molar-refractivity contribution in [3.63, 3.8) is 0 Å². The fourth-order valence-electron chi connectivity index (χ4n) is 1.91. The maximum Gasteiger partial charge on any atom is 0.210 e. The van der Waals surface area contributed by atoms with E-state index < -0.39 is 0 Å². The van der Waals surface area contributed by atoms with Gasteiger partial charge < -0.3 is 19.5 Å². The van der Waals surface area contributed by atoms with E-state index in [9.17, 15) is 0 Å². The Morgan fingerprint density at radius 1 is 1.36 bits per heavy atom. The molecule has 0 saturated carbocycles. The van der Waals surface area contributed by atoms with Gasteiger partial charge in [-0.05, 0) is 30.7 Å². The molecule has 0 aliphatic carbocycles. The zero-order chi connectivity index (χ0) is 15.2. The summed E-state index contributed by atoms with van der Waals surface area (Å²) in [4.78, 5) is 0. The minimum absolute atomic E-state index is 0.237. The average Bonchev–Trinajstić information content (AvgIpc) is 3.02. The largest absolute Gasteiger partial charge is 0.497 e. The molecular formula is C14H17N3O3S2. The highest BCUT2D eigenvalue weighted by Crippen LogP contribution is 2.29. The second-order valence-corrected chi connectivity index (χ2v) is 6.89. The van der Waals surface area contributed by atoms with Gasteiger partial charge in [0.05, 0.1) is 19.8 Å². The first-order valence-electron chi connectivity index (χ1n) is 6.90. The van der Waals surface area contributed by atoms with E-state index in [1.54, 1.807) is 18.9 Å². The molecule has 0 spiro atoms. The van der Waals surface area contributed by atoms with Crippen molar-refractivity contribution in [1.82, 2.24) is 10.2 Å². The van der Waals surface area contributed by atoms with Crippen molar-refractivity contribution in [1.29, 1.82) is 0 Å². The van der Waals surface area contributed by atoms with Crippen molar-refractivity contribution in [2.24, 2.45) is 0 Å². The van der Waals surface area contributed by atoms with E-state index in [2.05, 4.69) is 15.5 Å². The van der Waals surface area contributed by atoms with Crippen molar-refractivity contribution in [2.75, 3.05) is 31.6 Å². The Hall–Kier alpha value is -1.35. The summed E-state index contributed by atoms with van der Waals surface area (Å²) in [7, 11) is 1.65. The summed E-state index contributed by atoms with van der Waals surface area (Å²) in [5, 5.41) is 12.4. The van der Waals surface area contributed by atoms with Crippen LogP contribution in [-0.2, 0) is 9.47 Å². The molecule has 22 heavy (non-hydrogen) atoms. The number of anilines is 2. The molecule has 0 bridgehead atoms. The Bertz CT molecular complexity index is 585. The maximum absolute atomic E-state index is 5.51. The zero-order valence-electron chi connectivity index (χ0n) is 12.2. The molecule has 1 aliphatic heterocycles. The molecule has 0 radical (unpaired) electrons. The number of hydrogen-bond acceptors (Lipinski definition) is 8. The summed E-state index contributed by atoms with van der Waals surface area (Å²) in [6.45, 7) is 1.16. The quantitative estimate of drug-likeness (QED) is 0.811. The Labute approximate surface area is 137 Å². The van der Waals surface area contributed by atoms with Crippen LogP contribution < -0.4 is 10.1 Å². The summed E-state index contributed by atoms with van der Waals surface area (Å²) < 4.78 is 16.7. The van der Waals surface area contributed by atoms with Crippen LogP contribution in [-0.4, -0.2) is 42.6 Å². The lowest BCUT2D eigenvalue weighted by Crippen LogP contribution is -2.25. The molecule has 1 atom stereocenters. The van der Waals surface area contributed by atoms with Crippen LogP contribution in [0.15, 0.2) is 28.6 Å². The minimum Gasteiger partial charge on any atom is -0.497 e. The summed E-state index contributed by atoms with van der Waals surface area (Å²) in [5.41, 5.74) is 0.960. The first-order chi connectivity index (χ1) is 10.8. The molecule has 1 saturated heterocycles. The van der Waals surface area contributed by atoms with Gasteiger partial charge in [0.25, 0.3) is 0 Å². The number of ether oxygens (including phenoxy) is 3. The lowest BCUT2D eigenvalue weighted by atomic mass is 10.3. The van der Waals surface area contributed by atoms with Gasteiger partial charge in [0.15, 0.2) is 4.34 Å². The molecule has 1 aliphatic rings. The van der Waals surface area contributed by atoms with Crippen molar-refractivity contribution < 1.29 is 14.2 Å². The topological polar surface area (TPSA) is 65.5 Å². The van der Waals surface area contributed by atoms with Gasteiger partial charge in [0.1, 0.15) is 12.5 Å². The van der Waals surface area contributed by atoms with Crippen LogP contribution in [0.25, 0.3) is 0 Å². The molecule has 1 aromatic carbocycles. The third kappa shape index (κ3) is 4.33. The van der Waals surface area contributed by atoms with Crippen molar-refractivity contribution in [3.8, 4) is 5.75 Å². The normalized spacial score (nSPS) is 18.1. The number of aromatic nitrogens is 2. The van der Waals surface area contributed by atoms with Crippen LogP contribution in [0.1, 0.15) is 6.42 Å². The molecule has 1 N–H and O–H groups in total. The van der Waals surface area contributed by atoms with E-state index in [1.165, 1.54) is 11.3 Å². The van der Waals surface area contributed by atoms with E-state index in [0.717, 1.165) is 39.7 Å². The van der Waals surface area contributed by atoms with Gasteiger partial charge in [-0.2, -0.15) is 0 Å². The fourth-order valence-corrected chi connectivity index (χ4v) is 3.78. The number of nitrogens with one attached hydrogen (secondary N) is 1. The van der Waals surface area contributed by atoms with Crippen molar-refractivity contribution >= 4 is 33.9 Å². The number of methoxy groups -OCH3 is 1. The highest BCUT2D eigenvalue weighted by atomic mass is 32.2. The Morgan fingerprint density at radius 3 is 2.95 bits per heavy atom. The zero-order valence-corrected chi connectivity index (χ0v) is 13.8. The van der Waals surface area contributed by atoms with E-state index >= 15 is 0 Å². The summed E-state index contributed by atoms with van der Waals surface area (Å²) >= 11 is 3.21. The van der Waals surface area contributed by atoms with Gasteiger partial charge in [-0.15, -0.1) is 10.2 Å². The van der Waals surface area contributed by atoms with Crippen LogP contribution in [0, 0.1) is 0 Å². The molecule has 0 amide bonds. The SMILES string of the molecule is COc1ccc(Nc2nnc(SC[C@@H]3CCOCO3)s2)cc1. The third-order valence-corrected chi connectivity index (χ3v) is 5.22. The second kappa shape index (κ2) is 7.77. The van der Waals surface area contributed by atoms with Crippen molar-refractivity contribution in [3.05, 3.63) is 24.3 Å². The van der Waals surface area contributed by atoms with E-state index in [1.807, 2.05) is 24.3 Å². The van der Waals surface area contributed by atoms with Gasteiger partial charge in [-0.1, -0.05) is 23.1 Å². The number of thioether (sulfide) groups is 1. The summed E-state index contributed by atoms with van der Waals surface area (Å²) in [5.74, 6) is 1.70. The highest BCUT2D eigenvalue weighted by Gasteiger charge is 2.15. The van der Waals surface area contributed by atoms with Crippen LogP contribution >= 0.6 is 23.1 Å². The minimum atomic E-state index is 0.237. The molecule has 6 nitrogen and oxygen atoms in total. The molecule has 3 rings (SSSR count). The molecule has 2 aromatic rings. The van der Waals surface area contributed by atoms with E-state index in [0.29, 0.717) is 6.79 Å². The van der Waals surface area contributed by atoms with E-state index in [-0.39, 0.29) is 6.10 Å². The molecule has 2 heterocycles. The summed E-state index contributed by atoms with van der Waals surface area (Å²) in [6, 6.07) is 7.70. The number of rotatable bonds is 6. The molecular weight excluding hydrogens is 322 g/mol. The van der Waals surface area contributed by atoms with Crippen LogP contribution in [0.5, 0.6) is 5.75 Å². The molecule has 8 heteroatoms. The van der Waals surface area contributed by atoms with Gasteiger partial charge in [0.2, 0.25) is 5.13 Å². The predicted molar refractivity (Wildman–Crippen MR) is 87.2 cm³/mol. The molecule has 0 unspecified atom stereocenters. The first kappa shape index (κ1) is 15.5. The van der Waals surface area contributed by atoms with Crippen LogP contribution in [0.3, 0.4) is 0 Å². The Kier molecular flexibility index (Phi) is 5.49.